The van der Waals surface area contributed by atoms with Crippen LogP contribution in [0.3, 0.4) is 0 Å². The molecule has 6 heteroatoms. The molecule has 0 radical (unpaired) electrons. The maximum atomic E-state index is 13.9. The Balaban J connectivity index is 2.73. The Bertz CT molecular complexity index is 760. The molecule has 0 N–H and O–H groups in total. The average Bonchev–Trinajstić information content (AvgIpc) is 2.54. The van der Waals surface area contributed by atoms with E-state index < -0.39 is 11.8 Å². The van der Waals surface area contributed by atoms with Crippen molar-refractivity contribution < 1.29 is 23.5 Å². The monoisotopic (exact) mass is 317 g/mol. The molecule has 0 atom stereocenters. The highest BCUT2D eigenvalue weighted by molar-refractivity contribution is 6.08. The SMILES string of the molecule is C=C(OCC)c1cc(F)cc2c1N(C)C(C(=O)OC)=CC2=C=O. The van der Waals surface area contributed by atoms with Crippen LogP contribution in [0.25, 0.3) is 11.3 Å². The maximum absolute atomic E-state index is 13.9. The normalized spacial score (nSPS) is 13.0. The number of esters is 1. The van der Waals surface area contributed by atoms with E-state index in [-0.39, 0.29) is 17.0 Å². The molecule has 0 saturated carbocycles. The van der Waals surface area contributed by atoms with E-state index in [0.29, 0.717) is 23.4 Å². The van der Waals surface area contributed by atoms with Gasteiger partial charge in [0.15, 0.2) is 0 Å². The number of hydrogen-bond donors (Lipinski definition) is 0. The van der Waals surface area contributed by atoms with Gasteiger partial charge in [0, 0.05) is 18.2 Å². The first-order valence-electron chi connectivity index (χ1n) is 6.89. The lowest BCUT2D eigenvalue weighted by Gasteiger charge is -2.30. The van der Waals surface area contributed by atoms with E-state index in [4.69, 9.17) is 9.47 Å². The van der Waals surface area contributed by atoms with Crippen LogP contribution in [0.5, 0.6) is 0 Å². The summed E-state index contributed by atoms with van der Waals surface area (Å²) in [4.78, 5) is 24.7. The second-order valence-electron chi connectivity index (χ2n) is 4.80. The molecule has 0 spiro atoms. The van der Waals surface area contributed by atoms with Gasteiger partial charge in [-0.05, 0) is 25.1 Å². The summed E-state index contributed by atoms with van der Waals surface area (Å²) in [5, 5.41) is 0. The highest BCUT2D eigenvalue weighted by Crippen LogP contribution is 2.40. The predicted molar refractivity (Wildman–Crippen MR) is 84.7 cm³/mol. The first-order valence-corrected chi connectivity index (χ1v) is 6.89. The second kappa shape index (κ2) is 6.50. The molecule has 5 nitrogen and oxygen atoms in total. The van der Waals surface area contributed by atoms with Gasteiger partial charge in [0.2, 0.25) is 0 Å². The Morgan fingerprint density at radius 1 is 1.43 bits per heavy atom. The van der Waals surface area contributed by atoms with Crippen molar-refractivity contribution in [3.63, 3.8) is 0 Å². The highest BCUT2D eigenvalue weighted by Gasteiger charge is 2.29. The predicted octanol–water partition coefficient (Wildman–Crippen LogP) is 2.55. The molecule has 0 amide bonds. The maximum Gasteiger partial charge on any atom is 0.354 e. The van der Waals surface area contributed by atoms with Gasteiger partial charge in [-0.15, -0.1) is 0 Å². The third-order valence-electron chi connectivity index (χ3n) is 3.47. The summed E-state index contributed by atoms with van der Waals surface area (Å²) in [5.74, 6) is 0.808. The Morgan fingerprint density at radius 2 is 2.13 bits per heavy atom. The fourth-order valence-electron chi connectivity index (χ4n) is 2.45. The van der Waals surface area contributed by atoms with Gasteiger partial charge in [-0.3, -0.25) is 0 Å². The molecule has 0 aliphatic carbocycles. The van der Waals surface area contributed by atoms with Gasteiger partial charge in [-0.1, -0.05) is 6.58 Å². The number of anilines is 1. The smallest absolute Gasteiger partial charge is 0.354 e. The highest BCUT2D eigenvalue weighted by atomic mass is 19.1. The first kappa shape index (κ1) is 16.5. The van der Waals surface area contributed by atoms with E-state index in [2.05, 4.69) is 6.58 Å². The molecule has 23 heavy (non-hydrogen) atoms. The van der Waals surface area contributed by atoms with Gasteiger partial charge in [0.1, 0.15) is 23.2 Å². The third-order valence-corrected chi connectivity index (χ3v) is 3.47. The topological polar surface area (TPSA) is 55.8 Å². The molecule has 120 valence electrons. The molecular formula is C17H16FNO4. The number of benzene rings is 1. The number of fused-ring (bicyclic) bond motifs is 1. The minimum absolute atomic E-state index is 0.0588. The molecule has 0 fully saturated rings. The number of carbonyl (C=O) groups excluding carboxylic acids is 2. The largest absolute Gasteiger partial charge is 0.494 e. The number of halogens is 1. The zero-order chi connectivity index (χ0) is 17.1. The quantitative estimate of drug-likeness (QED) is 0.485. The van der Waals surface area contributed by atoms with Gasteiger partial charge in [0.25, 0.3) is 0 Å². The number of hydrogen-bond acceptors (Lipinski definition) is 5. The molecular weight excluding hydrogens is 301 g/mol. The van der Waals surface area contributed by atoms with Gasteiger partial charge in [-0.2, -0.15) is 0 Å². The van der Waals surface area contributed by atoms with Crippen LogP contribution >= 0.6 is 0 Å². The number of rotatable bonds is 4. The van der Waals surface area contributed by atoms with Crippen LogP contribution in [0, 0.1) is 5.82 Å². The summed E-state index contributed by atoms with van der Waals surface area (Å²) in [6, 6.07) is 2.45. The molecule has 1 heterocycles. The van der Waals surface area contributed by atoms with E-state index in [0.717, 1.165) is 0 Å². The van der Waals surface area contributed by atoms with Crippen molar-refractivity contribution in [2.24, 2.45) is 0 Å². The van der Waals surface area contributed by atoms with Crippen LogP contribution in [0.4, 0.5) is 10.1 Å². The van der Waals surface area contributed by atoms with Gasteiger partial charge >= 0.3 is 5.97 Å². The van der Waals surface area contributed by atoms with E-state index in [1.165, 1.54) is 30.2 Å². The minimum atomic E-state index is -0.622. The molecule has 2 rings (SSSR count). The number of methoxy groups -OCH3 is 1. The zero-order valence-corrected chi connectivity index (χ0v) is 13.1. The van der Waals surface area contributed by atoms with Gasteiger partial charge < -0.3 is 14.4 Å². The molecule has 1 aromatic rings. The van der Waals surface area contributed by atoms with Crippen LogP contribution in [0.2, 0.25) is 0 Å². The molecule has 0 unspecified atom stereocenters. The first-order chi connectivity index (χ1) is 10.9. The lowest BCUT2D eigenvalue weighted by molar-refractivity contribution is -0.136. The summed E-state index contributed by atoms with van der Waals surface area (Å²) in [5.41, 5.74) is 1.29. The van der Waals surface area contributed by atoms with Crippen molar-refractivity contribution in [2.45, 2.75) is 6.92 Å². The molecule has 0 bridgehead atoms. The van der Waals surface area contributed by atoms with E-state index >= 15 is 0 Å². The zero-order valence-electron chi connectivity index (χ0n) is 13.1. The Hall–Kier alpha value is -2.85. The van der Waals surface area contributed by atoms with Crippen LogP contribution in [0.15, 0.2) is 30.5 Å². The lowest BCUT2D eigenvalue weighted by atomic mass is 9.94. The Kier molecular flexibility index (Phi) is 4.67. The second-order valence-corrected chi connectivity index (χ2v) is 4.80. The van der Waals surface area contributed by atoms with Crippen LogP contribution in [0.1, 0.15) is 18.1 Å². The van der Waals surface area contributed by atoms with E-state index in [1.807, 2.05) is 0 Å². The fourth-order valence-corrected chi connectivity index (χ4v) is 2.45. The van der Waals surface area contributed by atoms with Crippen molar-refractivity contribution in [3.8, 4) is 0 Å². The molecule has 1 aliphatic heterocycles. The summed E-state index contributed by atoms with van der Waals surface area (Å²) >= 11 is 0. The number of nitrogens with zero attached hydrogens (tertiary/aromatic N) is 1. The van der Waals surface area contributed by atoms with Gasteiger partial charge in [0.05, 0.1) is 25.0 Å². The Labute approximate surface area is 133 Å². The Morgan fingerprint density at radius 3 is 2.70 bits per heavy atom. The van der Waals surface area contributed by atoms with E-state index in [1.54, 1.807) is 19.9 Å². The average molecular weight is 317 g/mol. The summed E-state index contributed by atoms with van der Waals surface area (Å²) in [7, 11) is 2.85. The molecule has 0 saturated heterocycles. The molecule has 0 aromatic heterocycles. The summed E-state index contributed by atoms with van der Waals surface area (Å²) in [6.45, 7) is 5.91. The van der Waals surface area contributed by atoms with Crippen LogP contribution in [-0.4, -0.2) is 32.7 Å². The summed E-state index contributed by atoms with van der Waals surface area (Å²) in [6.07, 6.45) is 1.31. The molecule has 1 aromatic carbocycles. The standard InChI is InChI=1S/C17H16FNO4/c1-5-23-10(2)13-7-12(18)8-14-11(9-20)6-15(17(21)22-4)19(3)16(13)14/h6-8H,2,5H2,1,3-4H3. The lowest BCUT2D eigenvalue weighted by Crippen LogP contribution is -2.28. The van der Waals surface area contributed by atoms with Crippen molar-refractivity contribution in [1.82, 2.24) is 0 Å². The van der Waals surface area contributed by atoms with Crippen LogP contribution < -0.4 is 4.90 Å². The van der Waals surface area contributed by atoms with Gasteiger partial charge in [-0.25, -0.2) is 14.0 Å². The van der Waals surface area contributed by atoms with Crippen molar-refractivity contribution in [1.29, 1.82) is 0 Å². The number of allylic oxidation sites excluding steroid dienone is 2. The molecule has 1 aliphatic rings. The third kappa shape index (κ3) is 2.89. The number of likely N-dealkylation sites (N-methyl/N-ethyl adjacent to an activating group) is 1. The van der Waals surface area contributed by atoms with Crippen molar-refractivity contribution in [3.05, 3.63) is 47.4 Å². The van der Waals surface area contributed by atoms with E-state index in [9.17, 15) is 14.0 Å². The van der Waals surface area contributed by atoms with Crippen molar-refractivity contribution >= 4 is 28.9 Å². The van der Waals surface area contributed by atoms with Crippen molar-refractivity contribution in [2.75, 3.05) is 25.7 Å². The van der Waals surface area contributed by atoms with Crippen LogP contribution in [-0.2, 0) is 19.1 Å². The fraction of sp³-hybridized carbons (Fsp3) is 0.235. The number of carbonyl (C=O) groups is 1. The minimum Gasteiger partial charge on any atom is -0.494 e. The summed E-state index contributed by atoms with van der Waals surface area (Å²) < 4.78 is 24.0. The number of ether oxygens (including phenoxy) is 2.